The molecule has 32 heavy (non-hydrogen) atoms. The van der Waals surface area contributed by atoms with E-state index in [0.29, 0.717) is 34.7 Å². The zero-order valence-electron chi connectivity index (χ0n) is 17.7. The number of hydrogen-bond donors (Lipinski definition) is 2. The topological polar surface area (TPSA) is 128 Å². The first-order valence-corrected chi connectivity index (χ1v) is 10.00. The van der Waals surface area contributed by atoms with Crippen LogP contribution in [-0.4, -0.2) is 46.3 Å². The molecule has 0 bridgehead atoms. The molecule has 2 aromatic carbocycles. The van der Waals surface area contributed by atoms with E-state index in [0.717, 1.165) is 0 Å². The maximum Gasteiger partial charge on any atom is 0.341 e. The van der Waals surface area contributed by atoms with E-state index < -0.39 is 10.9 Å². The molecule has 3 aromatic rings. The summed E-state index contributed by atoms with van der Waals surface area (Å²) >= 11 is 0. The van der Waals surface area contributed by atoms with Gasteiger partial charge in [0.2, 0.25) is 0 Å². The maximum absolute atomic E-state index is 12.4. The van der Waals surface area contributed by atoms with Crippen LogP contribution in [0, 0.1) is 17.0 Å². The third-order valence-corrected chi connectivity index (χ3v) is 4.71. The SMILES string of the molecule is CCOC(=O)c1cnn(-c2ccc(C(=O)NCCNc3ccccc3[N+](=O)[O-])cc2)c1C. The summed E-state index contributed by atoms with van der Waals surface area (Å²) in [5.41, 5.74) is 2.56. The van der Waals surface area contributed by atoms with Crippen LogP contribution in [0.3, 0.4) is 0 Å². The summed E-state index contributed by atoms with van der Waals surface area (Å²) in [4.78, 5) is 34.9. The van der Waals surface area contributed by atoms with Gasteiger partial charge in [0.25, 0.3) is 11.6 Å². The predicted molar refractivity (Wildman–Crippen MR) is 118 cm³/mol. The van der Waals surface area contributed by atoms with E-state index in [1.807, 2.05) is 0 Å². The number of esters is 1. The highest BCUT2D eigenvalue weighted by Crippen LogP contribution is 2.22. The molecule has 0 aliphatic carbocycles. The fraction of sp³-hybridized carbons (Fsp3) is 0.227. The second-order valence-electron chi connectivity index (χ2n) is 6.78. The van der Waals surface area contributed by atoms with Gasteiger partial charge < -0.3 is 15.4 Å². The van der Waals surface area contributed by atoms with E-state index in [1.54, 1.807) is 61.0 Å². The van der Waals surface area contributed by atoms with Gasteiger partial charge >= 0.3 is 5.97 Å². The molecule has 0 saturated carbocycles. The molecule has 1 aromatic heterocycles. The van der Waals surface area contributed by atoms with Crippen molar-refractivity contribution < 1.29 is 19.2 Å². The summed E-state index contributed by atoms with van der Waals surface area (Å²) in [6.07, 6.45) is 1.46. The number of benzene rings is 2. The maximum atomic E-state index is 12.4. The summed E-state index contributed by atoms with van der Waals surface area (Å²) in [6, 6.07) is 13.1. The molecule has 2 N–H and O–H groups in total. The molecular formula is C22H23N5O5. The van der Waals surface area contributed by atoms with Crippen LogP contribution in [-0.2, 0) is 4.74 Å². The fourth-order valence-electron chi connectivity index (χ4n) is 3.09. The molecule has 1 amide bonds. The van der Waals surface area contributed by atoms with Gasteiger partial charge in [0, 0.05) is 24.7 Å². The number of nitrogens with one attached hydrogen (secondary N) is 2. The van der Waals surface area contributed by atoms with Gasteiger partial charge in [-0.25, -0.2) is 9.48 Å². The Bertz CT molecular complexity index is 1120. The van der Waals surface area contributed by atoms with E-state index in [1.165, 1.54) is 12.3 Å². The van der Waals surface area contributed by atoms with Crippen LogP contribution in [0.2, 0.25) is 0 Å². The summed E-state index contributed by atoms with van der Waals surface area (Å²) in [7, 11) is 0. The van der Waals surface area contributed by atoms with Crippen molar-refractivity contribution in [3.63, 3.8) is 0 Å². The molecular weight excluding hydrogens is 414 g/mol. The van der Waals surface area contributed by atoms with Crippen molar-refractivity contribution in [3.05, 3.63) is 81.7 Å². The number of amides is 1. The molecule has 10 heteroatoms. The number of hydrogen-bond acceptors (Lipinski definition) is 7. The van der Waals surface area contributed by atoms with Gasteiger partial charge in [-0.2, -0.15) is 5.10 Å². The van der Waals surface area contributed by atoms with E-state index >= 15 is 0 Å². The number of nitrogens with zero attached hydrogens (tertiary/aromatic N) is 3. The number of para-hydroxylation sites is 2. The van der Waals surface area contributed by atoms with Crippen molar-refractivity contribution in [3.8, 4) is 5.69 Å². The van der Waals surface area contributed by atoms with Crippen LogP contribution in [0.25, 0.3) is 5.69 Å². The summed E-state index contributed by atoms with van der Waals surface area (Å²) in [5.74, 6) is -0.702. The molecule has 0 unspecified atom stereocenters. The van der Waals surface area contributed by atoms with E-state index in [2.05, 4.69) is 15.7 Å². The quantitative estimate of drug-likeness (QED) is 0.228. The lowest BCUT2D eigenvalue weighted by molar-refractivity contribution is -0.384. The normalized spacial score (nSPS) is 10.4. The van der Waals surface area contributed by atoms with Crippen molar-refractivity contribution in [2.75, 3.05) is 25.0 Å². The zero-order chi connectivity index (χ0) is 23.1. The molecule has 0 fully saturated rings. The average molecular weight is 437 g/mol. The van der Waals surface area contributed by atoms with Gasteiger partial charge in [-0.15, -0.1) is 0 Å². The summed E-state index contributed by atoms with van der Waals surface area (Å²) < 4.78 is 6.62. The van der Waals surface area contributed by atoms with Gasteiger partial charge in [0.1, 0.15) is 11.3 Å². The summed E-state index contributed by atoms with van der Waals surface area (Å²) in [5, 5.41) is 21.0. The van der Waals surface area contributed by atoms with E-state index in [-0.39, 0.29) is 24.7 Å². The average Bonchev–Trinajstić information content (AvgIpc) is 3.18. The van der Waals surface area contributed by atoms with Gasteiger partial charge in [-0.05, 0) is 44.2 Å². The van der Waals surface area contributed by atoms with Gasteiger partial charge in [0.15, 0.2) is 0 Å². The largest absolute Gasteiger partial charge is 0.462 e. The standard InChI is InChI=1S/C22H23N5O5/c1-3-32-22(29)18-14-25-26(15(18)2)17-10-8-16(9-11-17)21(28)24-13-12-23-19-6-4-5-7-20(19)27(30)31/h4-11,14,23H,3,12-13H2,1-2H3,(H,24,28). The van der Waals surface area contributed by atoms with Gasteiger partial charge in [0.05, 0.1) is 29.1 Å². The highest BCUT2D eigenvalue weighted by atomic mass is 16.6. The Morgan fingerprint density at radius 2 is 1.84 bits per heavy atom. The smallest absolute Gasteiger partial charge is 0.341 e. The number of rotatable bonds is 9. The van der Waals surface area contributed by atoms with Crippen molar-refractivity contribution in [1.29, 1.82) is 0 Å². The highest BCUT2D eigenvalue weighted by molar-refractivity contribution is 5.94. The lowest BCUT2D eigenvalue weighted by atomic mass is 10.2. The third-order valence-electron chi connectivity index (χ3n) is 4.71. The Labute approximate surface area is 184 Å². The Balaban J connectivity index is 1.57. The number of ether oxygens (including phenoxy) is 1. The van der Waals surface area contributed by atoms with Crippen molar-refractivity contribution in [2.45, 2.75) is 13.8 Å². The van der Waals surface area contributed by atoms with Crippen LogP contribution < -0.4 is 10.6 Å². The van der Waals surface area contributed by atoms with Crippen LogP contribution >= 0.6 is 0 Å². The van der Waals surface area contributed by atoms with E-state index in [4.69, 9.17) is 4.74 Å². The molecule has 10 nitrogen and oxygen atoms in total. The molecule has 1 heterocycles. The number of anilines is 1. The molecule has 166 valence electrons. The monoisotopic (exact) mass is 437 g/mol. The minimum absolute atomic E-state index is 0.0190. The molecule has 3 rings (SSSR count). The third kappa shape index (κ3) is 5.09. The fourth-order valence-corrected chi connectivity index (χ4v) is 3.09. The van der Waals surface area contributed by atoms with Crippen molar-refractivity contribution >= 4 is 23.3 Å². The van der Waals surface area contributed by atoms with Crippen molar-refractivity contribution in [1.82, 2.24) is 15.1 Å². The molecule has 0 spiro atoms. The second kappa shape index (κ2) is 10.2. The first-order valence-electron chi connectivity index (χ1n) is 10.00. The lowest BCUT2D eigenvalue weighted by Gasteiger charge is -2.09. The molecule has 0 atom stereocenters. The number of nitro groups is 1. The Morgan fingerprint density at radius 1 is 1.12 bits per heavy atom. The second-order valence-corrected chi connectivity index (χ2v) is 6.78. The Hall–Kier alpha value is -4.21. The summed E-state index contributed by atoms with van der Waals surface area (Å²) in [6.45, 7) is 4.41. The van der Waals surface area contributed by atoms with Gasteiger partial charge in [-0.1, -0.05) is 12.1 Å². The first-order chi connectivity index (χ1) is 15.4. The minimum Gasteiger partial charge on any atom is -0.462 e. The van der Waals surface area contributed by atoms with E-state index in [9.17, 15) is 19.7 Å². The number of carbonyl (C=O) groups is 2. The number of nitro benzene ring substituents is 1. The van der Waals surface area contributed by atoms with Crippen LogP contribution in [0.15, 0.2) is 54.7 Å². The molecule has 0 aliphatic heterocycles. The molecule has 0 aliphatic rings. The van der Waals surface area contributed by atoms with Crippen LogP contribution in [0.1, 0.15) is 33.3 Å². The van der Waals surface area contributed by atoms with Crippen molar-refractivity contribution in [2.24, 2.45) is 0 Å². The molecule has 0 radical (unpaired) electrons. The van der Waals surface area contributed by atoms with Gasteiger partial charge in [-0.3, -0.25) is 14.9 Å². The first kappa shape index (κ1) is 22.5. The highest BCUT2D eigenvalue weighted by Gasteiger charge is 2.16. The molecule has 0 saturated heterocycles. The minimum atomic E-state index is -0.459. The van der Waals surface area contributed by atoms with Crippen LogP contribution in [0.5, 0.6) is 0 Å². The Morgan fingerprint density at radius 3 is 2.53 bits per heavy atom. The number of aromatic nitrogens is 2. The number of carbonyl (C=O) groups excluding carboxylic acids is 2. The van der Waals surface area contributed by atoms with Crippen LogP contribution in [0.4, 0.5) is 11.4 Å². The Kier molecular flexibility index (Phi) is 7.17. The lowest BCUT2D eigenvalue weighted by Crippen LogP contribution is -2.28. The predicted octanol–water partition coefficient (Wildman–Crippen LogP) is 3.11. The zero-order valence-corrected chi connectivity index (χ0v) is 17.7.